The number of likely N-dealkylation sites (tertiary alicyclic amines) is 1. The van der Waals surface area contributed by atoms with E-state index in [1.165, 1.54) is 0 Å². The van der Waals surface area contributed by atoms with Gasteiger partial charge in [0.1, 0.15) is 11.9 Å². The summed E-state index contributed by atoms with van der Waals surface area (Å²) in [7, 11) is 3.81. The number of benzene rings is 1. The maximum absolute atomic E-state index is 12.4. The van der Waals surface area contributed by atoms with Crippen molar-refractivity contribution in [2.24, 2.45) is 0 Å². The zero-order valence-electron chi connectivity index (χ0n) is 15.4. The number of rotatable bonds is 6. The average Bonchev–Trinajstić information content (AvgIpc) is 3.10. The molecule has 1 aliphatic heterocycles. The molecule has 7 nitrogen and oxygen atoms in total. The van der Waals surface area contributed by atoms with E-state index in [0.717, 1.165) is 23.6 Å². The van der Waals surface area contributed by atoms with Crippen molar-refractivity contribution in [2.75, 3.05) is 38.7 Å². The molecular weight excluding hydrogens is 332 g/mol. The van der Waals surface area contributed by atoms with Crippen LogP contribution in [0.2, 0.25) is 0 Å². The minimum absolute atomic E-state index is 0.0339. The Bertz CT molecular complexity index is 749. The van der Waals surface area contributed by atoms with Gasteiger partial charge in [-0.05, 0) is 24.6 Å². The van der Waals surface area contributed by atoms with E-state index in [0.29, 0.717) is 19.0 Å². The lowest BCUT2D eigenvalue weighted by atomic mass is 10.2. The number of amides is 1. The first-order valence-electron chi connectivity index (χ1n) is 8.67. The maximum Gasteiger partial charge on any atom is 0.260 e. The van der Waals surface area contributed by atoms with Crippen molar-refractivity contribution < 1.29 is 14.3 Å². The first-order chi connectivity index (χ1) is 12.5. The standard InChI is InChI=1S/C19H24N4O3/c1-14-6-4-5-7-16(14)25-13-19(24)23-11-10-15(12-23)26-18-9-8-17(20-21-18)22(2)3/h4-9,15H,10-13H2,1-3H3. The molecule has 7 heteroatoms. The van der Waals surface area contributed by atoms with Crippen LogP contribution in [0.3, 0.4) is 0 Å². The Morgan fingerprint density at radius 1 is 1.23 bits per heavy atom. The molecule has 1 amide bonds. The van der Waals surface area contributed by atoms with Crippen LogP contribution in [0, 0.1) is 6.92 Å². The highest BCUT2D eigenvalue weighted by molar-refractivity contribution is 5.78. The van der Waals surface area contributed by atoms with Gasteiger partial charge in [-0.3, -0.25) is 4.79 Å². The quantitative estimate of drug-likeness (QED) is 0.788. The predicted octanol–water partition coefficient (Wildman–Crippen LogP) is 1.91. The van der Waals surface area contributed by atoms with Crippen LogP contribution in [0.15, 0.2) is 36.4 Å². The van der Waals surface area contributed by atoms with E-state index in [4.69, 9.17) is 9.47 Å². The number of ether oxygens (including phenoxy) is 2. The zero-order chi connectivity index (χ0) is 18.5. The number of para-hydroxylation sites is 1. The van der Waals surface area contributed by atoms with Gasteiger partial charge in [-0.1, -0.05) is 18.2 Å². The summed E-state index contributed by atoms with van der Waals surface area (Å²) in [5, 5.41) is 8.17. The smallest absolute Gasteiger partial charge is 0.260 e. The van der Waals surface area contributed by atoms with E-state index in [1.54, 1.807) is 11.0 Å². The molecule has 2 heterocycles. The monoisotopic (exact) mass is 356 g/mol. The third-order valence-corrected chi connectivity index (χ3v) is 4.31. The normalized spacial score (nSPS) is 16.4. The van der Waals surface area contributed by atoms with Gasteiger partial charge in [0, 0.05) is 33.1 Å². The molecule has 1 unspecified atom stereocenters. The molecule has 0 saturated carbocycles. The predicted molar refractivity (Wildman–Crippen MR) is 98.6 cm³/mol. The Labute approximate surface area is 153 Å². The number of carbonyl (C=O) groups excluding carboxylic acids is 1. The van der Waals surface area contributed by atoms with Crippen molar-refractivity contribution >= 4 is 11.7 Å². The first kappa shape index (κ1) is 18.0. The fourth-order valence-electron chi connectivity index (χ4n) is 2.79. The van der Waals surface area contributed by atoms with Crippen LogP contribution in [0.5, 0.6) is 11.6 Å². The molecule has 1 saturated heterocycles. The number of carbonyl (C=O) groups is 1. The summed E-state index contributed by atoms with van der Waals surface area (Å²) in [6.07, 6.45) is 0.699. The van der Waals surface area contributed by atoms with Gasteiger partial charge in [0.2, 0.25) is 5.88 Å². The van der Waals surface area contributed by atoms with Crippen molar-refractivity contribution in [3.8, 4) is 11.6 Å². The molecule has 138 valence electrons. The second-order valence-corrected chi connectivity index (χ2v) is 6.55. The van der Waals surface area contributed by atoms with Crippen LogP contribution < -0.4 is 14.4 Å². The van der Waals surface area contributed by atoms with Gasteiger partial charge in [-0.15, -0.1) is 10.2 Å². The Morgan fingerprint density at radius 3 is 2.73 bits per heavy atom. The van der Waals surface area contributed by atoms with Gasteiger partial charge in [-0.25, -0.2) is 0 Å². The molecule has 1 aliphatic rings. The Hall–Kier alpha value is -2.83. The van der Waals surface area contributed by atoms with Crippen molar-refractivity contribution in [1.29, 1.82) is 0 Å². The first-order valence-corrected chi connectivity index (χ1v) is 8.67. The van der Waals surface area contributed by atoms with Crippen LogP contribution in [0.25, 0.3) is 0 Å². The molecule has 0 bridgehead atoms. The van der Waals surface area contributed by atoms with Crippen LogP contribution >= 0.6 is 0 Å². The van der Waals surface area contributed by atoms with Crippen molar-refractivity contribution in [3.63, 3.8) is 0 Å². The van der Waals surface area contributed by atoms with E-state index in [-0.39, 0.29) is 18.6 Å². The Morgan fingerprint density at radius 2 is 2.04 bits per heavy atom. The molecule has 0 radical (unpaired) electrons. The summed E-state index contributed by atoms with van der Waals surface area (Å²) in [4.78, 5) is 16.0. The summed E-state index contributed by atoms with van der Waals surface area (Å²) in [5.41, 5.74) is 1.02. The molecule has 26 heavy (non-hydrogen) atoms. The summed E-state index contributed by atoms with van der Waals surface area (Å²) in [5.74, 6) is 1.96. The highest BCUT2D eigenvalue weighted by atomic mass is 16.5. The number of anilines is 1. The van der Waals surface area contributed by atoms with E-state index < -0.39 is 0 Å². The van der Waals surface area contributed by atoms with E-state index in [2.05, 4.69) is 10.2 Å². The molecule has 2 aromatic rings. The number of hydrogen-bond donors (Lipinski definition) is 0. The van der Waals surface area contributed by atoms with Crippen molar-refractivity contribution in [1.82, 2.24) is 15.1 Å². The minimum Gasteiger partial charge on any atom is -0.484 e. The SMILES string of the molecule is Cc1ccccc1OCC(=O)N1CCC(Oc2ccc(N(C)C)nn2)C1. The summed E-state index contributed by atoms with van der Waals surface area (Å²) in [6, 6.07) is 11.3. The summed E-state index contributed by atoms with van der Waals surface area (Å²) in [6.45, 7) is 3.19. The molecule has 0 aliphatic carbocycles. The molecule has 0 spiro atoms. The van der Waals surface area contributed by atoms with Crippen molar-refractivity contribution in [3.05, 3.63) is 42.0 Å². The van der Waals surface area contributed by atoms with Gasteiger partial charge in [-0.2, -0.15) is 0 Å². The molecule has 3 rings (SSSR count). The molecule has 1 aromatic heterocycles. The van der Waals surface area contributed by atoms with Gasteiger partial charge in [0.05, 0.1) is 6.54 Å². The van der Waals surface area contributed by atoms with Crippen LogP contribution in [0.1, 0.15) is 12.0 Å². The number of hydrogen-bond acceptors (Lipinski definition) is 6. The van der Waals surface area contributed by atoms with E-state index >= 15 is 0 Å². The fraction of sp³-hybridized carbons (Fsp3) is 0.421. The van der Waals surface area contributed by atoms with E-state index in [1.807, 2.05) is 56.3 Å². The van der Waals surface area contributed by atoms with Crippen LogP contribution in [-0.4, -0.2) is 60.9 Å². The number of nitrogens with zero attached hydrogens (tertiary/aromatic N) is 4. The van der Waals surface area contributed by atoms with Gasteiger partial charge < -0.3 is 19.3 Å². The highest BCUT2D eigenvalue weighted by Crippen LogP contribution is 2.19. The minimum atomic E-state index is -0.0723. The zero-order valence-corrected chi connectivity index (χ0v) is 15.4. The van der Waals surface area contributed by atoms with Crippen molar-refractivity contribution in [2.45, 2.75) is 19.4 Å². The van der Waals surface area contributed by atoms with Gasteiger partial charge >= 0.3 is 0 Å². The largest absolute Gasteiger partial charge is 0.484 e. The lowest BCUT2D eigenvalue weighted by Crippen LogP contribution is -2.34. The summed E-state index contributed by atoms with van der Waals surface area (Å²) < 4.78 is 11.5. The van der Waals surface area contributed by atoms with E-state index in [9.17, 15) is 4.79 Å². The number of aryl methyl sites for hydroxylation is 1. The lowest BCUT2D eigenvalue weighted by molar-refractivity contribution is -0.132. The number of aromatic nitrogens is 2. The molecule has 1 aromatic carbocycles. The Kier molecular flexibility index (Phi) is 5.55. The third-order valence-electron chi connectivity index (χ3n) is 4.31. The third kappa shape index (κ3) is 4.41. The lowest BCUT2D eigenvalue weighted by Gasteiger charge is -2.18. The average molecular weight is 356 g/mol. The molecular formula is C19H24N4O3. The highest BCUT2D eigenvalue weighted by Gasteiger charge is 2.28. The summed E-state index contributed by atoms with van der Waals surface area (Å²) >= 11 is 0. The van der Waals surface area contributed by atoms with Crippen LogP contribution in [0.4, 0.5) is 5.82 Å². The fourth-order valence-corrected chi connectivity index (χ4v) is 2.79. The topological polar surface area (TPSA) is 67.8 Å². The second kappa shape index (κ2) is 8.03. The van der Waals surface area contributed by atoms with Gasteiger partial charge in [0.15, 0.2) is 12.4 Å². The molecule has 1 atom stereocenters. The second-order valence-electron chi connectivity index (χ2n) is 6.55. The molecule has 0 N–H and O–H groups in total. The van der Waals surface area contributed by atoms with Gasteiger partial charge in [0.25, 0.3) is 5.91 Å². The van der Waals surface area contributed by atoms with Crippen LogP contribution in [-0.2, 0) is 4.79 Å². The Balaban J connectivity index is 1.48. The maximum atomic E-state index is 12.4. The molecule has 1 fully saturated rings.